The van der Waals surface area contributed by atoms with Crippen LogP contribution >= 0.6 is 0 Å². The zero-order valence-corrected chi connectivity index (χ0v) is 25.1. The van der Waals surface area contributed by atoms with Crippen LogP contribution in [0.1, 0.15) is 93.7 Å². The van der Waals surface area contributed by atoms with Crippen molar-refractivity contribution in [3.8, 4) is 5.75 Å². The number of sulfone groups is 1. The first-order valence-corrected chi connectivity index (χ1v) is 17.1. The van der Waals surface area contributed by atoms with Gasteiger partial charge in [-0.15, -0.1) is 0 Å². The highest BCUT2D eigenvalue weighted by atomic mass is 32.2. The van der Waals surface area contributed by atoms with E-state index < -0.39 is 28.2 Å². The number of allylic oxidation sites excluding steroid dienone is 2. The average molecular weight is 610 g/mol. The van der Waals surface area contributed by atoms with E-state index in [9.17, 15) is 31.1 Å². The second kappa shape index (κ2) is 14.9. The quantitative estimate of drug-likeness (QED) is 0.173. The van der Waals surface area contributed by atoms with Gasteiger partial charge in [-0.3, -0.25) is 0 Å². The lowest BCUT2D eigenvalue weighted by atomic mass is 9.89. The lowest BCUT2D eigenvalue weighted by Gasteiger charge is -2.24. The molecule has 1 atom stereocenters. The maximum Gasteiger partial charge on any atom is 0.389 e. The lowest BCUT2D eigenvalue weighted by Crippen LogP contribution is -2.30. The molecular formula is C33H43F4NO3S. The van der Waals surface area contributed by atoms with Crippen molar-refractivity contribution < 1.29 is 31.1 Å². The number of aromatic hydroxyl groups is 1. The number of aryl methyl sites for hydroxylation is 1. The van der Waals surface area contributed by atoms with Crippen molar-refractivity contribution in [3.63, 3.8) is 0 Å². The van der Waals surface area contributed by atoms with Crippen molar-refractivity contribution in [2.45, 2.75) is 95.7 Å². The minimum atomic E-state index is -4.31. The van der Waals surface area contributed by atoms with E-state index in [-0.39, 0.29) is 23.7 Å². The first kappa shape index (κ1) is 32.5. The average Bonchev–Trinajstić information content (AvgIpc) is 3.28. The van der Waals surface area contributed by atoms with Crippen molar-refractivity contribution in [1.82, 2.24) is 4.90 Å². The van der Waals surface area contributed by atoms with E-state index in [1.165, 1.54) is 28.8 Å². The van der Waals surface area contributed by atoms with Gasteiger partial charge in [-0.1, -0.05) is 24.6 Å². The number of rotatable bonds is 14. The molecule has 4 rings (SSSR count). The second-order valence-electron chi connectivity index (χ2n) is 11.8. The van der Waals surface area contributed by atoms with Gasteiger partial charge in [0.25, 0.3) is 0 Å². The maximum atomic E-state index is 13.7. The van der Waals surface area contributed by atoms with Crippen LogP contribution in [-0.2, 0) is 16.3 Å². The number of hydrogen-bond acceptors (Lipinski definition) is 4. The number of nitrogens with zero attached hydrogens (tertiary/aromatic N) is 1. The Morgan fingerprint density at radius 1 is 0.905 bits per heavy atom. The minimum absolute atomic E-state index is 0.0417. The molecule has 1 heterocycles. The molecule has 0 spiro atoms. The number of phenols is 1. The third kappa shape index (κ3) is 9.83. The van der Waals surface area contributed by atoms with Crippen LogP contribution in [0.2, 0.25) is 0 Å². The number of likely N-dealkylation sites (tertiary alicyclic amines) is 1. The van der Waals surface area contributed by atoms with Crippen molar-refractivity contribution in [2.24, 2.45) is 0 Å². The zero-order valence-electron chi connectivity index (χ0n) is 24.3. The van der Waals surface area contributed by atoms with Crippen LogP contribution in [0.5, 0.6) is 5.75 Å². The van der Waals surface area contributed by atoms with Gasteiger partial charge in [0.15, 0.2) is 0 Å². The highest BCUT2D eigenvalue weighted by molar-refractivity contribution is 7.91. The standard InChI is InChI=1S/C33H43F4NO3S/c34-27-15-13-25(14-16-27)30-12-4-8-26-24-29(39)17-18-31(26)32(30)11-2-1-3-20-38-21-5-9-28(38)10-6-22-42(40,41)23-7-19-33(35,36)37/h13-18,24,28,39H,1-12,19-23H2. The number of hydrogen-bond donors (Lipinski definition) is 1. The predicted octanol–water partition coefficient (Wildman–Crippen LogP) is 8.34. The number of halogens is 4. The predicted molar refractivity (Wildman–Crippen MR) is 160 cm³/mol. The van der Waals surface area contributed by atoms with Crippen LogP contribution < -0.4 is 0 Å². The molecule has 0 radical (unpaired) electrons. The Morgan fingerprint density at radius 2 is 1.67 bits per heavy atom. The number of benzene rings is 2. The molecule has 0 saturated carbocycles. The van der Waals surface area contributed by atoms with Gasteiger partial charge in [0.1, 0.15) is 21.4 Å². The molecule has 42 heavy (non-hydrogen) atoms. The van der Waals surface area contributed by atoms with E-state index in [0.717, 1.165) is 88.4 Å². The molecule has 232 valence electrons. The summed E-state index contributed by atoms with van der Waals surface area (Å²) in [4.78, 5) is 2.45. The fraction of sp³-hybridized carbons (Fsp3) is 0.576. The molecule has 0 aromatic heterocycles. The normalized spacial score (nSPS) is 18.3. The van der Waals surface area contributed by atoms with E-state index in [2.05, 4.69) is 4.90 Å². The summed E-state index contributed by atoms with van der Waals surface area (Å²) in [5.41, 5.74) is 5.92. The molecule has 2 aromatic rings. The van der Waals surface area contributed by atoms with Gasteiger partial charge in [-0.25, -0.2) is 12.8 Å². The molecule has 9 heteroatoms. The minimum Gasteiger partial charge on any atom is -0.508 e. The maximum absolute atomic E-state index is 13.7. The smallest absolute Gasteiger partial charge is 0.389 e. The Hall–Kier alpha value is -2.39. The number of alkyl halides is 3. The molecule has 4 nitrogen and oxygen atoms in total. The van der Waals surface area contributed by atoms with Gasteiger partial charge in [-0.2, -0.15) is 13.2 Å². The molecule has 1 aliphatic carbocycles. The first-order valence-electron chi connectivity index (χ1n) is 15.3. The van der Waals surface area contributed by atoms with Crippen LogP contribution in [0.25, 0.3) is 11.1 Å². The summed E-state index contributed by atoms with van der Waals surface area (Å²) in [6.45, 7) is 1.96. The summed E-state index contributed by atoms with van der Waals surface area (Å²) in [5.74, 6) is -0.411. The van der Waals surface area contributed by atoms with Crippen LogP contribution in [0.4, 0.5) is 17.6 Å². The third-order valence-corrected chi connectivity index (χ3v) is 10.4. The van der Waals surface area contributed by atoms with Crippen LogP contribution in [0.15, 0.2) is 42.5 Å². The van der Waals surface area contributed by atoms with E-state index >= 15 is 0 Å². The van der Waals surface area contributed by atoms with Crippen LogP contribution in [0.3, 0.4) is 0 Å². The molecule has 1 fully saturated rings. The molecule has 2 aromatic carbocycles. The lowest BCUT2D eigenvalue weighted by molar-refractivity contribution is -0.134. The van der Waals surface area contributed by atoms with E-state index in [0.29, 0.717) is 12.5 Å². The highest BCUT2D eigenvalue weighted by Crippen LogP contribution is 2.39. The highest BCUT2D eigenvalue weighted by Gasteiger charge is 2.28. The molecule has 1 unspecified atom stereocenters. The Labute approximate surface area is 247 Å². The summed E-state index contributed by atoms with van der Waals surface area (Å²) >= 11 is 0. The molecule has 0 bridgehead atoms. The third-order valence-electron chi connectivity index (χ3n) is 8.62. The largest absolute Gasteiger partial charge is 0.508 e. The van der Waals surface area contributed by atoms with Gasteiger partial charge in [0.2, 0.25) is 0 Å². The van der Waals surface area contributed by atoms with Gasteiger partial charge < -0.3 is 10.0 Å². The topological polar surface area (TPSA) is 57.6 Å². The summed E-state index contributed by atoms with van der Waals surface area (Å²) in [5, 5.41) is 10.1. The van der Waals surface area contributed by atoms with E-state index in [4.69, 9.17) is 0 Å². The summed E-state index contributed by atoms with van der Waals surface area (Å²) in [6.07, 6.45) is 4.40. The van der Waals surface area contributed by atoms with Crippen molar-refractivity contribution in [1.29, 1.82) is 0 Å². The van der Waals surface area contributed by atoms with Gasteiger partial charge in [-0.05, 0) is 136 Å². The molecule has 0 amide bonds. The van der Waals surface area contributed by atoms with E-state index in [1.807, 2.05) is 24.3 Å². The summed E-state index contributed by atoms with van der Waals surface area (Å²) in [6, 6.07) is 12.7. The van der Waals surface area contributed by atoms with Crippen molar-refractivity contribution in [2.75, 3.05) is 24.6 Å². The van der Waals surface area contributed by atoms with Crippen molar-refractivity contribution >= 4 is 21.0 Å². The number of fused-ring (bicyclic) bond motifs is 1. The molecule has 1 aliphatic heterocycles. The van der Waals surface area contributed by atoms with Crippen LogP contribution in [0, 0.1) is 5.82 Å². The first-order chi connectivity index (χ1) is 20.0. The second-order valence-corrected chi connectivity index (χ2v) is 14.1. The number of phenolic OH excluding ortho intramolecular Hbond substituents is 1. The fourth-order valence-corrected chi connectivity index (χ4v) is 7.94. The Morgan fingerprint density at radius 3 is 2.43 bits per heavy atom. The molecular weight excluding hydrogens is 566 g/mol. The Balaban J connectivity index is 1.28. The molecule has 1 saturated heterocycles. The Kier molecular flexibility index (Phi) is 11.5. The van der Waals surface area contributed by atoms with Gasteiger partial charge in [0.05, 0.1) is 11.5 Å². The number of unbranched alkanes of at least 4 members (excludes halogenated alkanes) is 2. The SMILES string of the molecule is O=S(=O)(CCCC1CCCN1CCCCCC1=C(c2ccc(F)cc2)CCCc2cc(O)ccc21)CCCC(F)(F)F. The zero-order chi connectivity index (χ0) is 30.2. The van der Waals surface area contributed by atoms with Gasteiger partial charge in [0, 0.05) is 12.5 Å². The molecule has 2 aliphatic rings. The van der Waals surface area contributed by atoms with E-state index in [1.54, 1.807) is 6.07 Å². The summed E-state index contributed by atoms with van der Waals surface area (Å²) in [7, 11) is -3.46. The monoisotopic (exact) mass is 609 g/mol. The fourth-order valence-electron chi connectivity index (χ4n) is 6.55. The Bertz CT molecular complexity index is 1310. The summed E-state index contributed by atoms with van der Waals surface area (Å²) < 4.78 is 75.0. The molecule has 1 N–H and O–H groups in total. The van der Waals surface area contributed by atoms with Crippen LogP contribution in [-0.4, -0.2) is 55.2 Å². The van der Waals surface area contributed by atoms with Crippen molar-refractivity contribution in [3.05, 3.63) is 65.0 Å². The van der Waals surface area contributed by atoms with Gasteiger partial charge >= 0.3 is 6.18 Å².